The summed E-state index contributed by atoms with van der Waals surface area (Å²) in [5.74, 6) is -0.613. The molecule has 1 fully saturated rings. The molecule has 1 aliphatic heterocycles. The van der Waals surface area contributed by atoms with Gasteiger partial charge in [-0.05, 0) is 41.5 Å². The van der Waals surface area contributed by atoms with E-state index >= 15 is 0 Å². The normalized spacial score (nSPS) is 13.7. The lowest BCUT2D eigenvalue weighted by Crippen LogP contribution is -2.28. The van der Waals surface area contributed by atoms with Crippen LogP contribution in [-0.2, 0) is 22.6 Å². The first-order chi connectivity index (χ1) is 14.9. The molecule has 0 spiro atoms. The van der Waals surface area contributed by atoms with Crippen LogP contribution in [0.25, 0.3) is 0 Å². The predicted molar refractivity (Wildman–Crippen MR) is 121 cm³/mol. The van der Waals surface area contributed by atoms with Gasteiger partial charge in [-0.2, -0.15) is 0 Å². The minimum absolute atomic E-state index is 0.162. The van der Waals surface area contributed by atoms with Crippen molar-refractivity contribution in [2.24, 2.45) is 0 Å². The van der Waals surface area contributed by atoms with E-state index in [1.165, 1.54) is 16.2 Å². The summed E-state index contributed by atoms with van der Waals surface area (Å²) in [5, 5.41) is 4.51. The van der Waals surface area contributed by atoms with Gasteiger partial charge < -0.3 is 0 Å². The first-order valence-electron chi connectivity index (χ1n) is 9.51. The largest absolute Gasteiger partial charge is 0.298 e. The number of nitrogens with one attached hydrogen (secondary N) is 1. The summed E-state index contributed by atoms with van der Waals surface area (Å²) in [6, 6.07) is 12.1. The Hall–Kier alpha value is -2.74. The second-order valence-corrected chi connectivity index (χ2v) is 9.03. The highest BCUT2D eigenvalue weighted by molar-refractivity contribution is 7.15. The lowest BCUT2D eigenvalue weighted by Gasteiger charge is -2.13. The summed E-state index contributed by atoms with van der Waals surface area (Å²) in [7, 11) is 0. The van der Waals surface area contributed by atoms with Crippen molar-refractivity contribution in [3.05, 3.63) is 80.3 Å². The molecule has 3 aromatic rings. The lowest BCUT2D eigenvalue weighted by molar-refractivity contribution is -0.139. The van der Waals surface area contributed by atoms with E-state index in [9.17, 15) is 14.4 Å². The smallest absolute Gasteiger partial charge is 0.257 e. The summed E-state index contributed by atoms with van der Waals surface area (Å²) < 4.78 is 0. The molecule has 1 saturated heterocycles. The number of hydrogen-bond donors (Lipinski definition) is 1. The number of imide groups is 1. The molecule has 158 valence electrons. The summed E-state index contributed by atoms with van der Waals surface area (Å²) in [5.41, 5.74) is 2.13. The molecule has 6 nitrogen and oxygen atoms in total. The van der Waals surface area contributed by atoms with Crippen LogP contribution < -0.4 is 5.32 Å². The van der Waals surface area contributed by atoms with Crippen LogP contribution in [0.15, 0.2) is 48.7 Å². The molecule has 1 N–H and O–H groups in total. The number of halogens is 2. The quantitative estimate of drug-likeness (QED) is 0.514. The fourth-order valence-electron chi connectivity index (χ4n) is 3.23. The molecule has 0 bridgehead atoms. The van der Waals surface area contributed by atoms with E-state index in [1.807, 2.05) is 6.07 Å². The van der Waals surface area contributed by atoms with Gasteiger partial charge in [0.05, 0.1) is 6.54 Å². The third-order valence-electron chi connectivity index (χ3n) is 4.86. The zero-order chi connectivity index (χ0) is 22.0. The van der Waals surface area contributed by atoms with E-state index < -0.39 is 0 Å². The SMILES string of the molecule is O=C(Nc1ncc(Cc2cc(Cl)ccc2Cl)s1)c1ccc(CN2C(=O)CCC2=O)cc1. The van der Waals surface area contributed by atoms with Crippen LogP contribution in [0.3, 0.4) is 0 Å². The third kappa shape index (κ3) is 5.12. The van der Waals surface area contributed by atoms with Crippen LogP contribution in [0.1, 0.15) is 39.2 Å². The number of hydrogen-bond acceptors (Lipinski definition) is 5. The number of likely N-dealkylation sites (tertiary alicyclic amines) is 1. The van der Waals surface area contributed by atoms with E-state index in [-0.39, 0.29) is 37.1 Å². The maximum absolute atomic E-state index is 12.5. The van der Waals surface area contributed by atoms with E-state index in [1.54, 1.807) is 42.6 Å². The summed E-state index contributed by atoms with van der Waals surface area (Å²) in [6.07, 6.45) is 2.79. The van der Waals surface area contributed by atoms with Gasteiger partial charge in [-0.15, -0.1) is 11.3 Å². The molecular weight excluding hydrogens is 457 g/mol. The standard InChI is InChI=1S/C22H17Cl2N3O3S/c23-16-5-6-18(24)15(9-16)10-17-11-25-22(31-17)26-21(30)14-3-1-13(2-4-14)12-27-19(28)7-8-20(27)29/h1-6,9,11H,7-8,10,12H2,(H,25,26,30). The number of amides is 3. The van der Waals surface area contributed by atoms with Gasteiger partial charge in [0, 0.05) is 45.9 Å². The molecule has 1 aliphatic rings. The molecule has 0 unspecified atom stereocenters. The topological polar surface area (TPSA) is 79.4 Å². The average molecular weight is 474 g/mol. The highest BCUT2D eigenvalue weighted by atomic mass is 35.5. The molecule has 0 radical (unpaired) electrons. The summed E-state index contributed by atoms with van der Waals surface area (Å²) in [6.45, 7) is 0.224. The number of benzene rings is 2. The van der Waals surface area contributed by atoms with Gasteiger partial charge in [-0.3, -0.25) is 24.6 Å². The molecule has 0 saturated carbocycles. The van der Waals surface area contributed by atoms with Crippen LogP contribution >= 0.6 is 34.5 Å². The van der Waals surface area contributed by atoms with Crippen molar-refractivity contribution in [3.63, 3.8) is 0 Å². The molecule has 0 atom stereocenters. The molecule has 4 rings (SSSR count). The fraction of sp³-hybridized carbons (Fsp3) is 0.182. The minimum Gasteiger partial charge on any atom is -0.298 e. The Labute approximate surface area is 192 Å². The summed E-state index contributed by atoms with van der Waals surface area (Å²) in [4.78, 5) is 42.5. The maximum atomic E-state index is 12.5. The zero-order valence-corrected chi connectivity index (χ0v) is 18.6. The van der Waals surface area contributed by atoms with Crippen LogP contribution in [0.2, 0.25) is 10.0 Å². The second-order valence-electron chi connectivity index (χ2n) is 7.07. The molecule has 2 aromatic carbocycles. The van der Waals surface area contributed by atoms with E-state index in [4.69, 9.17) is 23.2 Å². The van der Waals surface area contributed by atoms with Gasteiger partial charge in [0.15, 0.2) is 5.13 Å². The Bertz CT molecular complexity index is 1150. The molecule has 0 aliphatic carbocycles. The Morgan fingerprint density at radius 2 is 1.77 bits per heavy atom. The number of thiazole rings is 1. The van der Waals surface area contributed by atoms with Crippen LogP contribution in [0, 0.1) is 0 Å². The first-order valence-corrected chi connectivity index (χ1v) is 11.1. The highest BCUT2D eigenvalue weighted by Gasteiger charge is 2.28. The van der Waals surface area contributed by atoms with E-state index in [2.05, 4.69) is 10.3 Å². The highest BCUT2D eigenvalue weighted by Crippen LogP contribution is 2.27. The fourth-order valence-corrected chi connectivity index (χ4v) is 4.44. The van der Waals surface area contributed by atoms with Gasteiger partial charge in [0.25, 0.3) is 5.91 Å². The predicted octanol–water partition coefficient (Wildman–Crippen LogP) is 4.94. The van der Waals surface area contributed by atoms with Crippen molar-refractivity contribution < 1.29 is 14.4 Å². The van der Waals surface area contributed by atoms with E-state index in [0.29, 0.717) is 27.2 Å². The van der Waals surface area contributed by atoms with Gasteiger partial charge in [-0.25, -0.2) is 4.98 Å². The Kier molecular flexibility index (Phi) is 6.36. The molecular formula is C22H17Cl2N3O3S. The van der Waals surface area contributed by atoms with Gasteiger partial charge in [-0.1, -0.05) is 35.3 Å². The van der Waals surface area contributed by atoms with Crippen LogP contribution in [-0.4, -0.2) is 27.6 Å². The Morgan fingerprint density at radius 1 is 1.06 bits per heavy atom. The monoisotopic (exact) mass is 473 g/mol. The van der Waals surface area contributed by atoms with Crippen molar-refractivity contribution in [2.75, 3.05) is 5.32 Å². The maximum Gasteiger partial charge on any atom is 0.257 e. The van der Waals surface area contributed by atoms with E-state index in [0.717, 1.165) is 16.0 Å². The van der Waals surface area contributed by atoms with Crippen molar-refractivity contribution in [1.29, 1.82) is 0 Å². The number of nitrogens with zero attached hydrogens (tertiary/aromatic N) is 2. The minimum atomic E-state index is -0.290. The first kappa shape index (κ1) is 21.5. The number of aromatic nitrogens is 1. The molecule has 31 heavy (non-hydrogen) atoms. The second kappa shape index (κ2) is 9.18. The molecule has 1 aromatic heterocycles. The lowest BCUT2D eigenvalue weighted by atomic mass is 10.1. The number of carbonyl (C=O) groups is 3. The van der Waals surface area contributed by atoms with Crippen LogP contribution in [0.5, 0.6) is 0 Å². The van der Waals surface area contributed by atoms with Crippen molar-refractivity contribution >= 4 is 57.4 Å². The van der Waals surface area contributed by atoms with Crippen molar-refractivity contribution in [2.45, 2.75) is 25.8 Å². The van der Waals surface area contributed by atoms with Gasteiger partial charge in [0.2, 0.25) is 11.8 Å². The molecule has 2 heterocycles. The number of carbonyl (C=O) groups excluding carboxylic acids is 3. The average Bonchev–Trinajstić information content (AvgIpc) is 3.32. The number of rotatable bonds is 6. The third-order valence-corrected chi connectivity index (χ3v) is 6.37. The molecule has 9 heteroatoms. The van der Waals surface area contributed by atoms with Gasteiger partial charge in [0.1, 0.15) is 0 Å². The van der Waals surface area contributed by atoms with Crippen molar-refractivity contribution in [3.8, 4) is 0 Å². The summed E-state index contributed by atoms with van der Waals surface area (Å²) >= 11 is 13.6. The number of anilines is 1. The zero-order valence-electron chi connectivity index (χ0n) is 16.2. The van der Waals surface area contributed by atoms with Crippen molar-refractivity contribution in [1.82, 2.24) is 9.88 Å². The Morgan fingerprint density at radius 3 is 2.48 bits per heavy atom. The van der Waals surface area contributed by atoms with Crippen LogP contribution in [0.4, 0.5) is 5.13 Å². The Balaban J connectivity index is 1.38. The molecule has 3 amide bonds. The van der Waals surface area contributed by atoms with Gasteiger partial charge >= 0.3 is 0 Å².